The lowest BCUT2D eigenvalue weighted by atomic mass is 10.0. The molecule has 0 spiro atoms. The molecule has 0 atom stereocenters. The largest absolute Gasteiger partial charge is 0.466 e. The lowest BCUT2D eigenvalue weighted by Gasteiger charge is -1.98. The van der Waals surface area contributed by atoms with E-state index in [9.17, 15) is 4.79 Å². The summed E-state index contributed by atoms with van der Waals surface area (Å²) in [6, 6.07) is 7.72. The number of rotatable bonds is 2. The van der Waals surface area contributed by atoms with Gasteiger partial charge in [0, 0.05) is 25.5 Å². The minimum absolute atomic E-state index is 0.0266. The molecule has 0 aliphatic heterocycles. The fourth-order valence-corrected chi connectivity index (χ4v) is 3.80. The summed E-state index contributed by atoms with van der Waals surface area (Å²) < 4.78 is 7.57. The Labute approximate surface area is 123 Å². The van der Waals surface area contributed by atoms with Crippen molar-refractivity contribution in [3.8, 4) is 0 Å². The molecule has 0 aliphatic rings. The zero-order valence-electron chi connectivity index (χ0n) is 10.5. The number of hydrogen-bond donors (Lipinski definition) is 0. The zero-order chi connectivity index (χ0) is 13.6. The minimum atomic E-state index is 0.0266. The maximum absolute atomic E-state index is 12.6. The normalized spacial score (nSPS) is 11.1. The van der Waals surface area contributed by atoms with Crippen molar-refractivity contribution in [3.05, 3.63) is 56.8 Å². The van der Waals surface area contributed by atoms with E-state index in [1.165, 1.54) is 0 Å². The first-order chi connectivity index (χ1) is 9.08. The van der Waals surface area contributed by atoms with Crippen molar-refractivity contribution >= 4 is 43.1 Å². The molecule has 0 unspecified atom stereocenters. The van der Waals surface area contributed by atoms with Crippen molar-refractivity contribution in [1.29, 1.82) is 0 Å². The summed E-state index contributed by atoms with van der Waals surface area (Å²) in [5.41, 5.74) is 1.39. The Bertz CT molecular complexity index is 783. The molecule has 0 bridgehead atoms. The first-order valence-electron chi connectivity index (χ1n) is 5.85. The summed E-state index contributed by atoms with van der Waals surface area (Å²) in [6.07, 6.45) is 0. The number of carbonyl (C=O) groups excluding carboxylic acids is 1. The molecule has 0 amide bonds. The Morgan fingerprint density at radius 2 is 2.05 bits per heavy atom. The van der Waals surface area contributed by atoms with Crippen LogP contribution in [0.2, 0.25) is 0 Å². The summed E-state index contributed by atoms with van der Waals surface area (Å²) in [7, 11) is 0. The Kier molecular flexibility index (Phi) is 3.07. The maximum Gasteiger partial charge on any atom is 0.198 e. The van der Waals surface area contributed by atoms with E-state index in [4.69, 9.17) is 4.42 Å². The Hall–Kier alpha value is -1.39. The van der Waals surface area contributed by atoms with Crippen molar-refractivity contribution in [3.63, 3.8) is 0 Å². The minimum Gasteiger partial charge on any atom is -0.466 e. The SMILES string of the molecule is Cc1cc(C(=O)c2csc3c(Br)cccc23)c(C)o1. The number of furan rings is 1. The molecule has 3 rings (SSSR count). The van der Waals surface area contributed by atoms with Crippen LogP contribution in [0.1, 0.15) is 27.4 Å². The molecule has 2 nitrogen and oxygen atoms in total. The van der Waals surface area contributed by atoms with E-state index in [2.05, 4.69) is 15.9 Å². The van der Waals surface area contributed by atoms with Gasteiger partial charge in [-0.3, -0.25) is 4.79 Å². The van der Waals surface area contributed by atoms with Crippen molar-refractivity contribution in [2.45, 2.75) is 13.8 Å². The van der Waals surface area contributed by atoms with Gasteiger partial charge in [0.2, 0.25) is 0 Å². The molecule has 19 heavy (non-hydrogen) atoms. The standard InChI is InChI=1S/C15H11BrO2S/c1-8-6-11(9(2)18-8)14(17)12-7-19-15-10(12)4-3-5-13(15)16/h3-7H,1-2H3. The highest BCUT2D eigenvalue weighted by atomic mass is 79.9. The third-order valence-corrected chi connectivity index (χ3v) is 5.03. The number of halogens is 1. The average Bonchev–Trinajstić information content (AvgIpc) is 2.93. The molecule has 0 saturated heterocycles. The van der Waals surface area contributed by atoms with Gasteiger partial charge in [-0.05, 0) is 41.9 Å². The van der Waals surface area contributed by atoms with Crippen LogP contribution in [-0.2, 0) is 0 Å². The van der Waals surface area contributed by atoms with E-state index in [0.29, 0.717) is 11.3 Å². The molecule has 0 N–H and O–H groups in total. The summed E-state index contributed by atoms with van der Waals surface area (Å²) in [5, 5.41) is 2.90. The molecule has 0 saturated carbocycles. The summed E-state index contributed by atoms with van der Waals surface area (Å²) in [5.74, 6) is 1.47. The van der Waals surface area contributed by atoms with Crippen LogP contribution in [0.4, 0.5) is 0 Å². The molecule has 0 radical (unpaired) electrons. The predicted molar refractivity (Wildman–Crippen MR) is 81.1 cm³/mol. The number of benzene rings is 1. The lowest BCUT2D eigenvalue weighted by Crippen LogP contribution is -2.00. The van der Waals surface area contributed by atoms with Gasteiger partial charge in [-0.25, -0.2) is 0 Å². The molecular formula is C15H11BrO2S. The van der Waals surface area contributed by atoms with Gasteiger partial charge in [-0.2, -0.15) is 0 Å². The lowest BCUT2D eigenvalue weighted by molar-refractivity contribution is 0.103. The molecular weight excluding hydrogens is 324 g/mol. The number of ketones is 1. The third kappa shape index (κ3) is 2.05. The van der Waals surface area contributed by atoms with Crippen LogP contribution in [0.3, 0.4) is 0 Å². The molecule has 3 aromatic rings. The third-order valence-electron chi connectivity index (χ3n) is 3.08. The molecule has 4 heteroatoms. The van der Waals surface area contributed by atoms with E-state index >= 15 is 0 Å². The van der Waals surface area contributed by atoms with Gasteiger partial charge in [0.15, 0.2) is 5.78 Å². The topological polar surface area (TPSA) is 30.2 Å². The molecule has 0 aliphatic carbocycles. The highest BCUT2D eigenvalue weighted by molar-refractivity contribution is 9.10. The first-order valence-corrected chi connectivity index (χ1v) is 7.52. The number of fused-ring (bicyclic) bond motifs is 1. The molecule has 0 fully saturated rings. The van der Waals surface area contributed by atoms with Crippen molar-refractivity contribution in [2.24, 2.45) is 0 Å². The Balaban J connectivity index is 2.17. The van der Waals surface area contributed by atoms with Gasteiger partial charge in [-0.15, -0.1) is 11.3 Å². The van der Waals surface area contributed by atoms with E-state index in [1.807, 2.05) is 37.4 Å². The summed E-state index contributed by atoms with van der Waals surface area (Å²) in [4.78, 5) is 12.6. The van der Waals surface area contributed by atoms with Gasteiger partial charge < -0.3 is 4.42 Å². The smallest absolute Gasteiger partial charge is 0.198 e. The van der Waals surface area contributed by atoms with Crippen LogP contribution in [0.5, 0.6) is 0 Å². The van der Waals surface area contributed by atoms with E-state index in [0.717, 1.165) is 25.9 Å². The molecule has 2 aromatic heterocycles. The van der Waals surface area contributed by atoms with Gasteiger partial charge in [0.05, 0.1) is 5.56 Å². The van der Waals surface area contributed by atoms with Gasteiger partial charge in [-0.1, -0.05) is 12.1 Å². The Morgan fingerprint density at radius 1 is 1.26 bits per heavy atom. The summed E-state index contributed by atoms with van der Waals surface area (Å²) >= 11 is 5.09. The second-order valence-electron chi connectivity index (χ2n) is 4.42. The van der Waals surface area contributed by atoms with Crippen molar-refractivity contribution < 1.29 is 9.21 Å². The predicted octanol–water partition coefficient (Wildman–Crippen LogP) is 5.10. The number of hydrogen-bond acceptors (Lipinski definition) is 3. The quantitative estimate of drug-likeness (QED) is 0.610. The van der Waals surface area contributed by atoms with Gasteiger partial charge in [0.25, 0.3) is 0 Å². The maximum atomic E-state index is 12.6. The number of thiophene rings is 1. The molecule has 2 heterocycles. The highest BCUT2D eigenvalue weighted by Gasteiger charge is 2.19. The van der Waals surface area contributed by atoms with Crippen molar-refractivity contribution in [1.82, 2.24) is 0 Å². The van der Waals surface area contributed by atoms with Gasteiger partial charge in [0.1, 0.15) is 11.5 Å². The highest BCUT2D eigenvalue weighted by Crippen LogP contribution is 2.33. The second kappa shape index (κ2) is 4.62. The molecule has 1 aromatic carbocycles. The van der Waals surface area contributed by atoms with Crippen LogP contribution < -0.4 is 0 Å². The van der Waals surface area contributed by atoms with E-state index in [1.54, 1.807) is 17.4 Å². The second-order valence-corrected chi connectivity index (χ2v) is 6.16. The van der Waals surface area contributed by atoms with Gasteiger partial charge >= 0.3 is 0 Å². The average molecular weight is 335 g/mol. The van der Waals surface area contributed by atoms with Crippen molar-refractivity contribution in [2.75, 3.05) is 0 Å². The van der Waals surface area contributed by atoms with Crippen LogP contribution in [0.25, 0.3) is 10.1 Å². The Morgan fingerprint density at radius 3 is 2.74 bits per heavy atom. The molecule has 96 valence electrons. The first kappa shape index (κ1) is 12.6. The van der Waals surface area contributed by atoms with Crippen LogP contribution in [-0.4, -0.2) is 5.78 Å². The monoisotopic (exact) mass is 334 g/mol. The van der Waals surface area contributed by atoms with E-state index in [-0.39, 0.29) is 5.78 Å². The number of carbonyl (C=O) groups is 1. The number of aryl methyl sites for hydroxylation is 2. The van der Waals surface area contributed by atoms with Crippen LogP contribution in [0.15, 0.2) is 38.5 Å². The zero-order valence-corrected chi connectivity index (χ0v) is 12.9. The fraction of sp³-hybridized carbons (Fsp3) is 0.133. The van der Waals surface area contributed by atoms with E-state index < -0.39 is 0 Å². The summed E-state index contributed by atoms with van der Waals surface area (Å²) in [6.45, 7) is 3.68. The van der Waals surface area contributed by atoms with Crippen LogP contribution >= 0.6 is 27.3 Å². The van der Waals surface area contributed by atoms with Crippen LogP contribution in [0, 0.1) is 13.8 Å². The fourth-order valence-electron chi connectivity index (χ4n) is 2.20.